The van der Waals surface area contributed by atoms with E-state index < -0.39 is 0 Å². The van der Waals surface area contributed by atoms with Crippen LogP contribution in [0.25, 0.3) is 0 Å². The van der Waals surface area contributed by atoms with Crippen LogP contribution in [0, 0.1) is 11.8 Å². The van der Waals surface area contributed by atoms with Gasteiger partial charge in [-0.15, -0.1) is 0 Å². The van der Waals surface area contributed by atoms with Crippen LogP contribution in [-0.2, 0) is 11.8 Å². The fraction of sp³-hybridized carbons (Fsp3) is 0.692. The van der Waals surface area contributed by atoms with Gasteiger partial charge in [-0.1, -0.05) is 13.3 Å². The average molecular weight is 233 g/mol. The number of rotatable bonds is 3. The highest BCUT2D eigenvalue weighted by Crippen LogP contribution is 2.39. The summed E-state index contributed by atoms with van der Waals surface area (Å²) in [6, 6.07) is 2.04. The highest BCUT2D eigenvalue weighted by Gasteiger charge is 2.39. The molecule has 1 aromatic rings. The summed E-state index contributed by atoms with van der Waals surface area (Å²) in [6.07, 6.45) is 4.82. The molecule has 17 heavy (non-hydrogen) atoms. The summed E-state index contributed by atoms with van der Waals surface area (Å²) in [5.41, 5.74) is 1.14. The molecule has 1 aromatic heterocycles. The normalized spacial score (nSPS) is 27.6. The largest absolute Gasteiger partial charge is 0.311 e. The fourth-order valence-corrected chi connectivity index (χ4v) is 2.42. The van der Waals surface area contributed by atoms with Gasteiger partial charge in [0, 0.05) is 24.9 Å². The van der Waals surface area contributed by atoms with Gasteiger partial charge >= 0.3 is 0 Å². The van der Waals surface area contributed by atoms with Crippen LogP contribution in [0.3, 0.4) is 0 Å². The van der Waals surface area contributed by atoms with Crippen LogP contribution < -0.4 is 5.32 Å². The van der Waals surface area contributed by atoms with Crippen molar-refractivity contribution in [3.05, 3.63) is 11.8 Å². The summed E-state index contributed by atoms with van der Waals surface area (Å²) in [5.74, 6) is 2.38. The van der Waals surface area contributed by atoms with Crippen molar-refractivity contribution in [3.63, 3.8) is 0 Å². The van der Waals surface area contributed by atoms with Gasteiger partial charge in [0.1, 0.15) is 5.82 Å². The van der Waals surface area contributed by atoms with Crippen LogP contribution in [0.2, 0.25) is 0 Å². The number of carbonyl (C=O) groups is 1. The molecular weight excluding hydrogens is 214 g/mol. The third-order valence-electron chi connectivity index (χ3n) is 4.12. The van der Waals surface area contributed by atoms with Crippen LogP contribution in [0.5, 0.6) is 0 Å². The Kier molecular flexibility index (Phi) is 2.45. The highest BCUT2D eigenvalue weighted by molar-refractivity contribution is 5.93. The highest BCUT2D eigenvalue weighted by atomic mass is 16.2. The van der Waals surface area contributed by atoms with Crippen molar-refractivity contribution in [1.82, 2.24) is 9.78 Å². The van der Waals surface area contributed by atoms with Gasteiger partial charge < -0.3 is 5.32 Å². The lowest BCUT2D eigenvalue weighted by Crippen LogP contribution is -2.16. The summed E-state index contributed by atoms with van der Waals surface area (Å²) < 4.78 is 1.79. The van der Waals surface area contributed by atoms with Gasteiger partial charge in [0.25, 0.3) is 0 Å². The quantitative estimate of drug-likeness (QED) is 0.870. The first kappa shape index (κ1) is 10.8. The minimum atomic E-state index is 0.153. The monoisotopic (exact) mass is 233 g/mol. The molecule has 92 valence electrons. The Morgan fingerprint density at radius 2 is 2.24 bits per heavy atom. The van der Waals surface area contributed by atoms with Crippen LogP contribution in [0.1, 0.15) is 44.2 Å². The Bertz CT molecular complexity index is 448. The number of hydrogen-bond donors (Lipinski definition) is 1. The lowest BCUT2D eigenvalue weighted by molar-refractivity contribution is -0.117. The molecule has 0 aliphatic heterocycles. The number of carbonyl (C=O) groups excluding carboxylic acids is 1. The van der Waals surface area contributed by atoms with Gasteiger partial charge in [0.2, 0.25) is 5.91 Å². The van der Waals surface area contributed by atoms with E-state index in [0.717, 1.165) is 17.9 Å². The second-order valence-electron chi connectivity index (χ2n) is 5.51. The van der Waals surface area contributed by atoms with E-state index in [1.165, 1.54) is 19.3 Å². The second kappa shape index (κ2) is 3.86. The van der Waals surface area contributed by atoms with E-state index in [0.29, 0.717) is 11.8 Å². The summed E-state index contributed by atoms with van der Waals surface area (Å²) in [7, 11) is 1.90. The van der Waals surface area contributed by atoms with E-state index in [4.69, 9.17) is 0 Å². The van der Waals surface area contributed by atoms with Crippen molar-refractivity contribution in [2.24, 2.45) is 18.9 Å². The zero-order valence-corrected chi connectivity index (χ0v) is 10.4. The van der Waals surface area contributed by atoms with Crippen molar-refractivity contribution >= 4 is 11.7 Å². The molecule has 3 rings (SSSR count). The molecule has 0 aromatic carbocycles. The summed E-state index contributed by atoms with van der Waals surface area (Å²) in [4.78, 5) is 11.8. The molecule has 4 nitrogen and oxygen atoms in total. The molecule has 2 atom stereocenters. The second-order valence-corrected chi connectivity index (χ2v) is 5.51. The number of nitrogens with one attached hydrogen (secondary N) is 1. The molecule has 2 aliphatic rings. The standard InChI is InChI=1S/C13H19N3O/c1-8-6-10(8)13(17)14-12-7-11(15-16(12)2)9-4-3-5-9/h7-10H,3-6H2,1-2H3,(H,14,17). The first-order valence-corrected chi connectivity index (χ1v) is 6.50. The summed E-state index contributed by atoms with van der Waals surface area (Å²) in [5, 5.41) is 7.47. The first-order valence-electron chi connectivity index (χ1n) is 6.50. The third kappa shape index (κ3) is 1.96. The van der Waals surface area contributed by atoms with Gasteiger partial charge in [0.05, 0.1) is 5.69 Å². The Hall–Kier alpha value is -1.32. The molecule has 1 N–H and O–H groups in total. The van der Waals surface area contributed by atoms with E-state index >= 15 is 0 Å². The minimum Gasteiger partial charge on any atom is -0.311 e. The Balaban J connectivity index is 1.69. The molecule has 0 spiro atoms. The molecule has 2 fully saturated rings. The maximum absolute atomic E-state index is 11.8. The number of aromatic nitrogens is 2. The molecule has 2 unspecified atom stereocenters. The average Bonchev–Trinajstić information content (AvgIpc) is 2.82. The number of aryl methyl sites for hydroxylation is 1. The molecule has 0 radical (unpaired) electrons. The molecule has 2 saturated carbocycles. The van der Waals surface area contributed by atoms with Crippen LogP contribution in [0.4, 0.5) is 5.82 Å². The predicted molar refractivity (Wildman–Crippen MR) is 65.7 cm³/mol. The fourth-order valence-electron chi connectivity index (χ4n) is 2.42. The van der Waals surface area contributed by atoms with E-state index in [1.807, 2.05) is 13.1 Å². The van der Waals surface area contributed by atoms with Crippen molar-refractivity contribution in [3.8, 4) is 0 Å². The number of nitrogens with zero attached hydrogens (tertiary/aromatic N) is 2. The topological polar surface area (TPSA) is 46.9 Å². The third-order valence-corrected chi connectivity index (χ3v) is 4.12. The van der Waals surface area contributed by atoms with E-state index in [9.17, 15) is 4.79 Å². The Labute approximate surface area is 101 Å². The maximum atomic E-state index is 11.8. The molecular formula is C13H19N3O. The van der Waals surface area contributed by atoms with Crippen LogP contribution in [0.15, 0.2) is 6.07 Å². The lowest BCUT2D eigenvalue weighted by atomic mass is 9.83. The van der Waals surface area contributed by atoms with Crippen molar-refractivity contribution < 1.29 is 4.79 Å². The zero-order valence-electron chi connectivity index (χ0n) is 10.4. The summed E-state index contributed by atoms with van der Waals surface area (Å²) >= 11 is 0. The van der Waals surface area contributed by atoms with Gasteiger partial charge in [-0.3, -0.25) is 9.48 Å². The zero-order chi connectivity index (χ0) is 12.0. The SMILES string of the molecule is CC1CC1C(=O)Nc1cc(C2CCC2)nn1C. The van der Waals surface area contributed by atoms with Crippen LogP contribution in [-0.4, -0.2) is 15.7 Å². The summed E-state index contributed by atoms with van der Waals surface area (Å²) in [6.45, 7) is 2.12. The van der Waals surface area contributed by atoms with Crippen LogP contribution >= 0.6 is 0 Å². The predicted octanol–water partition coefficient (Wildman–Crippen LogP) is 2.28. The molecule has 2 aliphatic carbocycles. The van der Waals surface area contributed by atoms with Crippen molar-refractivity contribution in [2.45, 2.75) is 38.5 Å². The van der Waals surface area contributed by atoms with Gasteiger partial charge in [-0.2, -0.15) is 5.10 Å². The Morgan fingerprint density at radius 1 is 1.53 bits per heavy atom. The molecule has 1 heterocycles. The Morgan fingerprint density at radius 3 is 2.76 bits per heavy atom. The number of anilines is 1. The minimum absolute atomic E-state index is 0.153. The van der Waals surface area contributed by atoms with E-state index in [1.54, 1.807) is 4.68 Å². The van der Waals surface area contributed by atoms with Crippen molar-refractivity contribution in [2.75, 3.05) is 5.32 Å². The molecule has 4 heteroatoms. The molecule has 1 amide bonds. The smallest absolute Gasteiger partial charge is 0.228 e. The number of amides is 1. The molecule has 0 saturated heterocycles. The number of hydrogen-bond acceptors (Lipinski definition) is 2. The first-order chi connectivity index (χ1) is 8.15. The lowest BCUT2D eigenvalue weighted by Gasteiger charge is -2.22. The van der Waals surface area contributed by atoms with Gasteiger partial charge in [-0.05, 0) is 25.2 Å². The maximum Gasteiger partial charge on any atom is 0.228 e. The van der Waals surface area contributed by atoms with E-state index in [-0.39, 0.29) is 11.8 Å². The van der Waals surface area contributed by atoms with Gasteiger partial charge in [0.15, 0.2) is 0 Å². The van der Waals surface area contributed by atoms with E-state index in [2.05, 4.69) is 17.3 Å². The van der Waals surface area contributed by atoms with Gasteiger partial charge in [-0.25, -0.2) is 0 Å². The van der Waals surface area contributed by atoms with Crippen molar-refractivity contribution in [1.29, 1.82) is 0 Å². The molecule has 0 bridgehead atoms.